The summed E-state index contributed by atoms with van der Waals surface area (Å²) >= 11 is 5.96. The lowest BCUT2D eigenvalue weighted by atomic mass is 10.1. The monoisotopic (exact) mass is 224 g/mol. The zero-order valence-corrected chi connectivity index (χ0v) is 9.40. The minimum atomic E-state index is -0.0208. The summed E-state index contributed by atoms with van der Waals surface area (Å²) < 4.78 is 0. The summed E-state index contributed by atoms with van der Waals surface area (Å²) in [5.74, 6) is -0.0208. The molecule has 1 aromatic rings. The lowest BCUT2D eigenvalue weighted by molar-refractivity contribution is 0.101. The molecule has 1 N–H and O–H groups in total. The van der Waals surface area contributed by atoms with Crippen molar-refractivity contribution in [2.24, 2.45) is 0 Å². The maximum atomic E-state index is 11.3. The molecular weight excluding hydrogens is 212 g/mol. The molecule has 0 bridgehead atoms. The fraction of sp³-hybridized carbons (Fsp3) is 0.455. The van der Waals surface area contributed by atoms with Gasteiger partial charge in [-0.1, -0.05) is 11.6 Å². The first-order valence-electron chi connectivity index (χ1n) is 5.08. The van der Waals surface area contributed by atoms with Gasteiger partial charge in [-0.3, -0.25) is 4.79 Å². The largest absolute Gasteiger partial charge is 0.316 e. The van der Waals surface area contributed by atoms with E-state index in [0.29, 0.717) is 10.7 Å². The first kappa shape index (κ1) is 10.6. The van der Waals surface area contributed by atoms with Crippen molar-refractivity contribution in [3.8, 4) is 0 Å². The van der Waals surface area contributed by atoms with Gasteiger partial charge in [-0.2, -0.15) is 0 Å². The van der Waals surface area contributed by atoms with E-state index < -0.39 is 0 Å². The number of hydrogen-bond donors (Lipinski definition) is 1. The minimum Gasteiger partial charge on any atom is -0.316 e. The summed E-state index contributed by atoms with van der Waals surface area (Å²) in [6.07, 6.45) is 1.80. The molecule has 0 unspecified atom stereocenters. The summed E-state index contributed by atoms with van der Waals surface area (Å²) in [4.78, 5) is 15.6. The Balaban J connectivity index is 2.47. The van der Waals surface area contributed by atoms with Gasteiger partial charge in [0.05, 0.1) is 5.56 Å². The molecule has 1 aliphatic heterocycles. The number of carbonyl (C=O) groups excluding carboxylic acids is 1. The number of halogens is 1. The average Bonchev–Trinajstić information content (AvgIpc) is 2.40. The second-order valence-electron chi connectivity index (χ2n) is 3.74. The van der Waals surface area contributed by atoms with E-state index >= 15 is 0 Å². The van der Waals surface area contributed by atoms with Gasteiger partial charge in [-0.05, 0) is 31.5 Å². The molecule has 4 heteroatoms. The van der Waals surface area contributed by atoms with Gasteiger partial charge in [0, 0.05) is 18.7 Å². The third kappa shape index (κ3) is 2.19. The van der Waals surface area contributed by atoms with Crippen molar-refractivity contribution >= 4 is 17.4 Å². The second-order valence-corrected chi connectivity index (χ2v) is 4.10. The third-order valence-electron chi connectivity index (χ3n) is 2.63. The predicted molar refractivity (Wildman–Crippen MR) is 59.5 cm³/mol. The van der Waals surface area contributed by atoms with Gasteiger partial charge in [-0.25, -0.2) is 4.98 Å². The highest BCUT2D eigenvalue weighted by molar-refractivity contribution is 6.32. The molecule has 80 valence electrons. The fourth-order valence-corrected chi connectivity index (χ4v) is 2.09. The number of aromatic nitrogens is 1. The molecule has 15 heavy (non-hydrogen) atoms. The van der Waals surface area contributed by atoms with Gasteiger partial charge < -0.3 is 5.32 Å². The Kier molecular flexibility index (Phi) is 3.03. The summed E-state index contributed by atoms with van der Waals surface area (Å²) in [5, 5.41) is 3.63. The van der Waals surface area contributed by atoms with E-state index in [1.165, 1.54) is 6.92 Å². The maximum absolute atomic E-state index is 11.3. The molecule has 1 aliphatic rings. The number of rotatable bonds is 1. The molecule has 0 saturated heterocycles. The maximum Gasteiger partial charge on any atom is 0.162 e. The van der Waals surface area contributed by atoms with Crippen LogP contribution in [0.3, 0.4) is 0 Å². The number of hydrogen-bond acceptors (Lipinski definition) is 3. The Bertz CT molecular complexity index is 404. The van der Waals surface area contributed by atoms with Crippen molar-refractivity contribution in [2.75, 3.05) is 13.1 Å². The Labute approximate surface area is 93.8 Å². The highest BCUT2D eigenvalue weighted by atomic mass is 35.5. The lowest BCUT2D eigenvalue weighted by Crippen LogP contribution is -2.16. The van der Waals surface area contributed by atoms with Crippen molar-refractivity contribution in [3.63, 3.8) is 0 Å². The third-order valence-corrected chi connectivity index (χ3v) is 2.92. The van der Waals surface area contributed by atoms with Gasteiger partial charge in [0.2, 0.25) is 0 Å². The van der Waals surface area contributed by atoms with Crippen LogP contribution < -0.4 is 5.32 Å². The van der Waals surface area contributed by atoms with Crippen LogP contribution in [0.25, 0.3) is 0 Å². The van der Waals surface area contributed by atoms with E-state index in [4.69, 9.17) is 11.6 Å². The first-order valence-corrected chi connectivity index (χ1v) is 5.46. The molecule has 0 radical (unpaired) electrons. The summed E-state index contributed by atoms with van der Waals surface area (Å²) in [7, 11) is 0. The number of Topliss-reactive ketones (excluding diaryl/α,β-unsaturated/α-hetero) is 1. The van der Waals surface area contributed by atoms with Gasteiger partial charge in [-0.15, -0.1) is 0 Å². The molecule has 0 saturated carbocycles. The molecule has 3 nitrogen and oxygen atoms in total. The molecule has 0 fully saturated rings. The topological polar surface area (TPSA) is 42.0 Å². The van der Waals surface area contributed by atoms with Crippen LogP contribution in [0.5, 0.6) is 0 Å². The Morgan fingerprint density at radius 3 is 2.93 bits per heavy atom. The lowest BCUT2D eigenvalue weighted by Gasteiger charge is -2.07. The molecule has 2 heterocycles. The zero-order chi connectivity index (χ0) is 10.8. The molecule has 0 amide bonds. The standard InChI is InChI=1S/C11H13ClN2O/c1-7(15)9-6-8-2-4-13-5-3-10(8)14-11(9)12/h6,13H,2-5H2,1H3. The summed E-state index contributed by atoms with van der Waals surface area (Å²) in [5.41, 5.74) is 2.71. The van der Waals surface area contributed by atoms with Crippen LogP contribution in [0, 0.1) is 0 Å². The predicted octanol–water partition coefficient (Wildman–Crippen LogP) is 1.63. The van der Waals surface area contributed by atoms with Crippen LogP contribution >= 0.6 is 11.6 Å². The molecule has 0 atom stereocenters. The summed E-state index contributed by atoms with van der Waals surface area (Å²) in [6.45, 7) is 3.38. The van der Waals surface area contributed by atoms with Crippen molar-refractivity contribution in [1.82, 2.24) is 10.3 Å². The Morgan fingerprint density at radius 1 is 1.47 bits per heavy atom. The smallest absolute Gasteiger partial charge is 0.162 e. The van der Waals surface area contributed by atoms with E-state index in [-0.39, 0.29) is 5.78 Å². The molecule has 0 aliphatic carbocycles. The van der Waals surface area contributed by atoms with Crippen LogP contribution in [-0.4, -0.2) is 23.9 Å². The molecule has 1 aromatic heterocycles. The van der Waals surface area contributed by atoms with Gasteiger partial charge in [0.25, 0.3) is 0 Å². The van der Waals surface area contributed by atoms with Crippen LogP contribution in [0.2, 0.25) is 5.15 Å². The molecule has 0 spiro atoms. The van der Waals surface area contributed by atoms with Crippen LogP contribution in [0.4, 0.5) is 0 Å². The van der Waals surface area contributed by atoms with Crippen molar-refractivity contribution in [3.05, 3.63) is 28.0 Å². The fourth-order valence-electron chi connectivity index (χ4n) is 1.80. The van der Waals surface area contributed by atoms with Crippen molar-refractivity contribution < 1.29 is 4.79 Å². The average molecular weight is 225 g/mol. The number of nitrogens with zero attached hydrogens (tertiary/aromatic N) is 1. The zero-order valence-electron chi connectivity index (χ0n) is 8.64. The number of nitrogens with one attached hydrogen (secondary N) is 1. The quantitative estimate of drug-likeness (QED) is 0.582. The number of pyridine rings is 1. The molecule has 0 aromatic carbocycles. The minimum absolute atomic E-state index is 0.0208. The van der Waals surface area contributed by atoms with E-state index in [9.17, 15) is 4.79 Å². The van der Waals surface area contributed by atoms with Gasteiger partial charge in [0.15, 0.2) is 5.78 Å². The number of fused-ring (bicyclic) bond motifs is 1. The number of carbonyl (C=O) groups is 1. The molecular formula is C11H13ClN2O. The van der Waals surface area contributed by atoms with Crippen LogP contribution in [0.1, 0.15) is 28.5 Å². The summed E-state index contributed by atoms with van der Waals surface area (Å²) in [6, 6.07) is 1.89. The van der Waals surface area contributed by atoms with Crippen LogP contribution in [0.15, 0.2) is 6.07 Å². The van der Waals surface area contributed by atoms with Crippen molar-refractivity contribution in [1.29, 1.82) is 0 Å². The SMILES string of the molecule is CC(=O)c1cc2c(nc1Cl)CCNCC2. The van der Waals surface area contributed by atoms with Gasteiger partial charge >= 0.3 is 0 Å². The van der Waals surface area contributed by atoms with E-state index in [1.807, 2.05) is 6.07 Å². The normalized spacial score (nSPS) is 15.6. The Morgan fingerprint density at radius 2 is 2.20 bits per heavy atom. The highest BCUT2D eigenvalue weighted by Crippen LogP contribution is 2.20. The van der Waals surface area contributed by atoms with E-state index in [0.717, 1.165) is 37.2 Å². The van der Waals surface area contributed by atoms with Crippen LogP contribution in [-0.2, 0) is 12.8 Å². The van der Waals surface area contributed by atoms with E-state index in [1.54, 1.807) is 0 Å². The number of ketones is 1. The highest BCUT2D eigenvalue weighted by Gasteiger charge is 2.14. The molecule has 2 rings (SSSR count). The van der Waals surface area contributed by atoms with Gasteiger partial charge in [0.1, 0.15) is 5.15 Å². The first-order chi connectivity index (χ1) is 7.18. The Hall–Kier alpha value is -0.930. The second kappa shape index (κ2) is 4.29. The van der Waals surface area contributed by atoms with Crippen molar-refractivity contribution in [2.45, 2.75) is 19.8 Å². The van der Waals surface area contributed by atoms with E-state index in [2.05, 4.69) is 10.3 Å².